The molecule has 1 N–H and O–H groups in total. The van der Waals surface area contributed by atoms with Crippen molar-refractivity contribution in [1.29, 1.82) is 0 Å². The lowest BCUT2D eigenvalue weighted by Crippen LogP contribution is -2.15. The number of hydrogen-bond donors (Lipinski definition) is 1. The first-order valence-corrected chi connectivity index (χ1v) is 5.73. The highest BCUT2D eigenvalue weighted by Gasteiger charge is 2.15. The van der Waals surface area contributed by atoms with Crippen LogP contribution in [0.2, 0.25) is 5.02 Å². The van der Waals surface area contributed by atoms with Crippen LogP contribution in [-0.4, -0.2) is 19.7 Å². The van der Waals surface area contributed by atoms with Gasteiger partial charge in [0.2, 0.25) is 0 Å². The first kappa shape index (κ1) is 13.6. The summed E-state index contributed by atoms with van der Waals surface area (Å²) in [7, 11) is 0. The lowest BCUT2D eigenvalue weighted by molar-refractivity contribution is 0.258. The van der Waals surface area contributed by atoms with E-state index in [-0.39, 0.29) is 12.4 Å². The molecule has 0 aliphatic carbocycles. The predicted molar refractivity (Wildman–Crippen MR) is 69.9 cm³/mol. The molecular formula is C12H17Cl2NO. The Hall–Kier alpha value is -0.440. The monoisotopic (exact) mass is 261 g/mol. The summed E-state index contributed by atoms with van der Waals surface area (Å²) in [6.45, 7) is 5.02. The van der Waals surface area contributed by atoms with Crippen LogP contribution in [0.3, 0.4) is 0 Å². The molecule has 1 aliphatic rings. The molecule has 1 atom stereocenters. The Morgan fingerprint density at radius 3 is 2.94 bits per heavy atom. The minimum Gasteiger partial charge on any atom is -0.493 e. The van der Waals surface area contributed by atoms with Gasteiger partial charge in [-0.1, -0.05) is 11.6 Å². The zero-order valence-electron chi connectivity index (χ0n) is 9.33. The van der Waals surface area contributed by atoms with E-state index in [9.17, 15) is 0 Å². The van der Waals surface area contributed by atoms with E-state index in [0.29, 0.717) is 5.92 Å². The van der Waals surface area contributed by atoms with Gasteiger partial charge in [0.1, 0.15) is 5.75 Å². The van der Waals surface area contributed by atoms with E-state index in [1.807, 2.05) is 25.1 Å². The van der Waals surface area contributed by atoms with Crippen LogP contribution in [-0.2, 0) is 0 Å². The van der Waals surface area contributed by atoms with Gasteiger partial charge in [0.25, 0.3) is 0 Å². The maximum atomic E-state index is 5.88. The van der Waals surface area contributed by atoms with Crippen molar-refractivity contribution in [2.75, 3.05) is 19.7 Å². The van der Waals surface area contributed by atoms with Crippen LogP contribution < -0.4 is 10.1 Å². The summed E-state index contributed by atoms with van der Waals surface area (Å²) in [6, 6.07) is 5.75. The molecule has 1 aromatic carbocycles. The number of halogens is 2. The van der Waals surface area contributed by atoms with Gasteiger partial charge in [-0.2, -0.15) is 0 Å². The molecule has 1 aromatic rings. The van der Waals surface area contributed by atoms with Gasteiger partial charge in [-0.25, -0.2) is 0 Å². The van der Waals surface area contributed by atoms with E-state index in [4.69, 9.17) is 16.3 Å². The molecule has 4 heteroatoms. The minimum atomic E-state index is 0. The molecule has 0 radical (unpaired) electrons. The fraction of sp³-hybridized carbons (Fsp3) is 0.500. The van der Waals surface area contributed by atoms with Gasteiger partial charge < -0.3 is 10.1 Å². The number of benzene rings is 1. The molecule has 0 bridgehead atoms. The molecule has 0 aromatic heterocycles. The van der Waals surface area contributed by atoms with E-state index in [1.54, 1.807) is 0 Å². The zero-order chi connectivity index (χ0) is 10.7. The maximum Gasteiger partial charge on any atom is 0.122 e. The average molecular weight is 262 g/mol. The third-order valence-corrected chi connectivity index (χ3v) is 3.01. The number of nitrogens with one attached hydrogen (secondary N) is 1. The number of ether oxygens (including phenoxy) is 1. The van der Waals surface area contributed by atoms with Crippen LogP contribution in [0, 0.1) is 12.8 Å². The van der Waals surface area contributed by atoms with Gasteiger partial charge in [0.15, 0.2) is 0 Å². The molecule has 0 amide bonds. The Morgan fingerprint density at radius 2 is 2.31 bits per heavy atom. The molecule has 1 fully saturated rings. The van der Waals surface area contributed by atoms with Gasteiger partial charge in [0, 0.05) is 17.5 Å². The second-order valence-corrected chi connectivity index (χ2v) is 4.52. The summed E-state index contributed by atoms with van der Waals surface area (Å²) in [5, 5.41) is 4.10. The zero-order valence-corrected chi connectivity index (χ0v) is 10.9. The first-order valence-electron chi connectivity index (χ1n) is 5.35. The van der Waals surface area contributed by atoms with E-state index in [1.165, 1.54) is 6.42 Å². The topological polar surface area (TPSA) is 21.3 Å². The lowest BCUT2D eigenvalue weighted by atomic mass is 10.1. The third-order valence-electron chi connectivity index (χ3n) is 2.77. The number of aryl methyl sites for hydroxylation is 1. The lowest BCUT2D eigenvalue weighted by Gasteiger charge is -2.12. The molecule has 0 spiro atoms. The van der Waals surface area contributed by atoms with Crippen molar-refractivity contribution < 1.29 is 4.74 Å². The van der Waals surface area contributed by atoms with Crippen molar-refractivity contribution in [1.82, 2.24) is 5.32 Å². The van der Waals surface area contributed by atoms with Crippen LogP contribution in [0.5, 0.6) is 5.75 Å². The molecule has 1 unspecified atom stereocenters. The van der Waals surface area contributed by atoms with Gasteiger partial charge in [-0.05, 0) is 43.7 Å². The molecule has 2 nitrogen and oxygen atoms in total. The SMILES string of the molecule is Cc1cc(Cl)ccc1OCC1CCNC1.Cl. The van der Waals surface area contributed by atoms with Gasteiger partial charge in [-0.3, -0.25) is 0 Å². The molecule has 0 saturated carbocycles. The van der Waals surface area contributed by atoms with Crippen LogP contribution >= 0.6 is 24.0 Å². The second-order valence-electron chi connectivity index (χ2n) is 4.08. The van der Waals surface area contributed by atoms with Crippen LogP contribution in [0.4, 0.5) is 0 Å². The molecule has 1 saturated heterocycles. The summed E-state index contributed by atoms with van der Waals surface area (Å²) in [6.07, 6.45) is 1.21. The maximum absolute atomic E-state index is 5.88. The van der Waals surface area contributed by atoms with E-state index >= 15 is 0 Å². The normalized spacial score (nSPS) is 19.2. The Kier molecular flexibility index (Phi) is 5.39. The Labute approximate surface area is 108 Å². The van der Waals surface area contributed by atoms with Gasteiger partial charge in [-0.15, -0.1) is 12.4 Å². The molecule has 90 valence electrons. The summed E-state index contributed by atoms with van der Waals surface area (Å²) >= 11 is 5.88. The first-order chi connectivity index (χ1) is 7.25. The summed E-state index contributed by atoms with van der Waals surface area (Å²) < 4.78 is 5.78. The van der Waals surface area contributed by atoms with Crippen molar-refractivity contribution in [3.63, 3.8) is 0 Å². The number of hydrogen-bond acceptors (Lipinski definition) is 2. The van der Waals surface area contributed by atoms with Crippen molar-refractivity contribution in [3.8, 4) is 5.75 Å². The second kappa shape index (κ2) is 6.33. The smallest absolute Gasteiger partial charge is 0.122 e. The molecule has 2 rings (SSSR count). The molecule has 1 aliphatic heterocycles. The van der Waals surface area contributed by atoms with Crippen LogP contribution in [0.1, 0.15) is 12.0 Å². The quantitative estimate of drug-likeness (QED) is 0.903. The average Bonchev–Trinajstić information content (AvgIpc) is 2.69. The highest BCUT2D eigenvalue weighted by molar-refractivity contribution is 6.30. The third kappa shape index (κ3) is 3.55. The van der Waals surface area contributed by atoms with Crippen molar-refractivity contribution in [3.05, 3.63) is 28.8 Å². The highest BCUT2D eigenvalue weighted by Crippen LogP contribution is 2.22. The summed E-state index contributed by atoms with van der Waals surface area (Å²) in [4.78, 5) is 0. The Bertz CT molecular complexity index is 338. The van der Waals surface area contributed by atoms with Gasteiger partial charge >= 0.3 is 0 Å². The van der Waals surface area contributed by atoms with E-state index < -0.39 is 0 Å². The Morgan fingerprint density at radius 1 is 1.50 bits per heavy atom. The van der Waals surface area contributed by atoms with Crippen molar-refractivity contribution in [2.24, 2.45) is 5.92 Å². The predicted octanol–water partition coefficient (Wildman–Crippen LogP) is 3.06. The van der Waals surface area contributed by atoms with E-state index in [2.05, 4.69) is 5.32 Å². The highest BCUT2D eigenvalue weighted by atomic mass is 35.5. The molecule has 16 heavy (non-hydrogen) atoms. The molecule has 1 heterocycles. The summed E-state index contributed by atoms with van der Waals surface area (Å²) in [5.41, 5.74) is 1.11. The van der Waals surface area contributed by atoms with Crippen LogP contribution in [0.25, 0.3) is 0 Å². The standard InChI is InChI=1S/C12H16ClNO.ClH/c1-9-6-11(13)2-3-12(9)15-8-10-4-5-14-7-10;/h2-3,6,10,14H,4-5,7-8H2,1H3;1H. The summed E-state index contributed by atoms with van der Waals surface area (Å²) in [5.74, 6) is 1.60. The van der Waals surface area contributed by atoms with Crippen molar-refractivity contribution in [2.45, 2.75) is 13.3 Å². The number of rotatable bonds is 3. The van der Waals surface area contributed by atoms with Crippen LogP contribution in [0.15, 0.2) is 18.2 Å². The minimum absolute atomic E-state index is 0. The fourth-order valence-corrected chi connectivity index (χ4v) is 2.07. The fourth-order valence-electron chi connectivity index (χ4n) is 1.84. The Balaban J connectivity index is 0.00000128. The van der Waals surface area contributed by atoms with Gasteiger partial charge in [0.05, 0.1) is 6.61 Å². The van der Waals surface area contributed by atoms with Crippen molar-refractivity contribution >= 4 is 24.0 Å². The largest absolute Gasteiger partial charge is 0.493 e. The molecular weight excluding hydrogens is 245 g/mol. The van der Waals surface area contributed by atoms with E-state index in [0.717, 1.165) is 36.0 Å².